The number of hydrogen-bond donors (Lipinski definition) is 1. The molecule has 1 aromatic carbocycles. The summed E-state index contributed by atoms with van der Waals surface area (Å²) in [6.07, 6.45) is 0.601. The molecule has 3 heteroatoms. The van der Waals surface area contributed by atoms with Crippen molar-refractivity contribution in [3.05, 3.63) is 23.8 Å². The zero-order valence-electron chi connectivity index (χ0n) is 7.65. The second-order valence-electron chi connectivity index (χ2n) is 2.98. The second kappa shape index (κ2) is 3.94. The molecule has 1 N–H and O–H groups in total. The van der Waals surface area contributed by atoms with Crippen LogP contribution in [-0.4, -0.2) is 17.5 Å². The maximum Gasteiger partial charge on any atom is 0.171 e. The van der Waals surface area contributed by atoms with Crippen molar-refractivity contribution in [2.45, 2.75) is 20.0 Å². The molecule has 1 rings (SSSR count). The highest BCUT2D eigenvalue weighted by Gasteiger charge is 2.09. The molecule has 0 aliphatic rings. The van der Waals surface area contributed by atoms with Gasteiger partial charge in [-0.2, -0.15) is 0 Å². The van der Waals surface area contributed by atoms with Crippen LogP contribution < -0.4 is 4.74 Å². The van der Waals surface area contributed by atoms with Crippen molar-refractivity contribution in [3.63, 3.8) is 0 Å². The molecule has 70 valence electrons. The summed E-state index contributed by atoms with van der Waals surface area (Å²) in [4.78, 5) is 10.6. The summed E-state index contributed by atoms with van der Waals surface area (Å²) >= 11 is 0. The van der Waals surface area contributed by atoms with E-state index in [4.69, 9.17) is 4.74 Å². The third-order valence-electron chi connectivity index (χ3n) is 1.51. The summed E-state index contributed by atoms with van der Waals surface area (Å²) in [7, 11) is 0. The van der Waals surface area contributed by atoms with E-state index in [1.807, 2.05) is 13.8 Å². The monoisotopic (exact) mass is 180 g/mol. The molecular formula is C10H12O3. The molecule has 0 atom stereocenters. The predicted octanol–water partition coefficient (Wildman–Crippen LogP) is 1.99. The third kappa shape index (κ3) is 2.21. The summed E-state index contributed by atoms with van der Waals surface area (Å²) in [5, 5.41) is 9.39. The molecule has 0 amide bonds. The number of benzene rings is 1. The second-order valence-corrected chi connectivity index (χ2v) is 2.98. The molecule has 0 fully saturated rings. The van der Waals surface area contributed by atoms with E-state index in [1.54, 1.807) is 12.1 Å². The Labute approximate surface area is 77.0 Å². The minimum absolute atomic E-state index is 0.00157. The average molecular weight is 180 g/mol. The van der Waals surface area contributed by atoms with E-state index in [1.165, 1.54) is 6.07 Å². The fraction of sp³-hybridized carbons (Fsp3) is 0.300. The molecule has 0 unspecified atom stereocenters. The van der Waals surface area contributed by atoms with Gasteiger partial charge in [-0.05, 0) is 26.0 Å². The van der Waals surface area contributed by atoms with Crippen LogP contribution in [0.25, 0.3) is 0 Å². The molecule has 0 aliphatic heterocycles. The van der Waals surface area contributed by atoms with E-state index in [9.17, 15) is 9.90 Å². The van der Waals surface area contributed by atoms with Crippen LogP contribution in [0.3, 0.4) is 0 Å². The van der Waals surface area contributed by atoms with Crippen LogP contribution in [-0.2, 0) is 0 Å². The lowest BCUT2D eigenvalue weighted by atomic mass is 10.2. The molecule has 1 aromatic rings. The number of phenols is 1. The molecule has 0 bridgehead atoms. The van der Waals surface area contributed by atoms with Crippen molar-refractivity contribution in [1.82, 2.24) is 0 Å². The first kappa shape index (κ1) is 9.58. The quantitative estimate of drug-likeness (QED) is 0.723. The summed E-state index contributed by atoms with van der Waals surface area (Å²) < 4.78 is 5.29. The molecule has 13 heavy (non-hydrogen) atoms. The number of hydrogen-bond acceptors (Lipinski definition) is 3. The molecular weight excluding hydrogens is 168 g/mol. The van der Waals surface area contributed by atoms with Gasteiger partial charge in [0.15, 0.2) is 17.8 Å². The lowest BCUT2D eigenvalue weighted by Gasteiger charge is -2.12. The lowest BCUT2D eigenvalue weighted by Crippen LogP contribution is -2.07. The van der Waals surface area contributed by atoms with Crippen LogP contribution in [0.4, 0.5) is 0 Å². The number of rotatable bonds is 3. The maximum atomic E-state index is 10.6. The van der Waals surface area contributed by atoms with Crippen LogP contribution in [0.15, 0.2) is 18.2 Å². The smallest absolute Gasteiger partial charge is 0.171 e. The van der Waals surface area contributed by atoms with Gasteiger partial charge in [0, 0.05) is 0 Å². The summed E-state index contributed by atoms with van der Waals surface area (Å²) in [5.41, 5.74) is 0.369. The first-order valence-electron chi connectivity index (χ1n) is 4.09. The highest BCUT2D eigenvalue weighted by molar-refractivity contribution is 5.81. The lowest BCUT2D eigenvalue weighted by molar-refractivity contribution is 0.111. The number of aldehydes is 1. The predicted molar refractivity (Wildman–Crippen MR) is 49.3 cm³/mol. The first-order chi connectivity index (χ1) is 6.15. The van der Waals surface area contributed by atoms with Crippen LogP contribution in [0.5, 0.6) is 11.5 Å². The average Bonchev–Trinajstić information content (AvgIpc) is 2.08. The van der Waals surface area contributed by atoms with Gasteiger partial charge in [-0.15, -0.1) is 0 Å². The van der Waals surface area contributed by atoms with Crippen LogP contribution in [0.2, 0.25) is 0 Å². The van der Waals surface area contributed by atoms with Gasteiger partial charge in [0.05, 0.1) is 11.7 Å². The van der Waals surface area contributed by atoms with E-state index in [0.717, 1.165) is 0 Å². The molecule has 0 saturated carbocycles. The Kier molecular flexibility index (Phi) is 2.90. The van der Waals surface area contributed by atoms with Gasteiger partial charge in [-0.1, -0.05) is 6.07 Å². The van der Waals surface area contributed by atoms with Crippen molar-refractivity contribution >= 4 is 6.29 Å². The molecule has 0 spiro atoms. The van der Waals surface area contributed by atoms with E-state index in [0.29, 0.717) is 11.8 Å². The summed E-state index contributed by atoms with van der Waals surface area (Å²) in [6.45, 7) is 3.67. The van der Waals surface area contributed by atoms with Gasteiger partial charge in [-0.3, -0.25) is 4.79 Å². The molecule has 3 nitrogen and oxygen atoms in total. The fourth-order valence-electron chi connectivity index (χ4n) is 0.999. The molecule has 0 saturated heterocycles. The standard InChI is InChI=1S/C10H12O3/c1-7(2)13-10-8(6-11)4-3-5-9(10)12/h3-7,12H,1-2H3. The van der Waals surface area contributed by atoms with E-state index in [-0.39, 0.29) is 17.6 Å². The molecule has 0 aliphatic carbocycles. The Morgan fingerprint density at radius 1 is 1.46 bits per heavy atom. The third-order valence-corrected chi connectivity index (χ3v) is 1.51. The van der Waals surface area contributed by atoms with Gasteiger partial charge in [-0.25, -0.2) is 0 Å². The van der Waals surface area contributed by atoms with E-state index < -0.39 is 0 Å². The zero-order chi connectivity index (χ0) is 9.84. The van der Waals surface area contributed by atoms with Gasteiger partial charge in [0.2, 0.25) is 0 Å². The molecule has 0 heterocycles. The van der Waals surface area contributed by atoms with Crippen molar-refractivity contribution in [2.75, 3.05) is 0 Å². The largest absolute Gasteiger partial charge is 0.504 e. The number of carbonyl (C=O) groups excluding carboxylic acids is 1. The minimum atomic E-state index is -0.0630. The first-order valence-corrected chi connectivity index (χ1v) is 4.09. The minimum Gasteiger partial charge on any atom is -0.504 e. The molecule has 0 radical (unpaired) electrons. The Morgan fingerprint density at radius 3 is 2.69 bits per heavy atom. The summed E-state index contributed by atoms with van der Waals surface area (Å²) in [5.74, 6) is 0.255. The Balaban J connectivity index is 3.07. The number of aromatic hydroxyl groups is 1. The van der Waals surface area contributed by atoms with Crippen molar-refractivity contribution in [3.8, 4) is 11.5 Å². The van der Waals surface area contributed by atoms with Gasteiger partial charge >= 0.3 is 0 Å². The van der Waals surface area contributed by atoms with Gasteiger partial charge in [0.1, 0.15) is 0 Å². The van der Waals surface area contributed by atoms with Crippen LogP contribution in [0.1, 0.15) is 24.2 Å². The van der Waals surface area contributed by atoms with Crippen LogP contribution in [0, 0.1) is 0 Å². The highest BCUT2D eigenvalue weighted by Crippen LogP contribution is 2.29. The topological polar surface area (TPSA) is 46.5 Å². The normalized spacial score (nSPS) is 10.1. The Hall–Kier alpha value is -1.51. The van der Waals surface area contributed by atoms with Crippen LogP contribution >= 0.6 is 0 Å². The van der Waals surface area contributed by atoms with Crippen molar-refractivity contribution in [2.24, 2.45) is 0 Å². The number of phenolic OH excluding ortho intramolecular Hbond substituents is 1. The SMILES string of the molecule is CC(C)Oc1c(O)cccc1C=O. The molecule has 0 aromatic heterocycles. The van der Waals surface area contributed by atoms with E-state index in [2.05, 4.69) is 0 Å². The Bertz CT molecular complexity index is 305. The fourth-order valence-corrected chi connectivity index (χ4v) is 0.999. The summed E-state index contributed by atoms with van der Waals surface area (Å²) in [6, 6.07) is 4.70. The van der Waals surface area contributed by atoms with E-state index >= 15 is 0 Å². The van der Waals surface area contributed by atoms with Gasteiger partial charge in [0.25, 0.3) is 0 Å². The maximum absolute atomic E-state index is 10.6. The number of para-hydroxylation sites is 1. The number of carbonyl (C=O) groups is 1. The highest BCUT2D eigenvalue weighted by atomic mass is 16.5. The zero-order valence-corrected chi connectivity index (χ0v) is 7.65. The Morgan fingerprint density at radius 2 is 2.15 bits per heavy atom. The number of ether oxygens (including phenoxy) is 1. The van der Waals surface area contributed by atoms with Gasteiger partial charge < -0.3 is 9.84 Å². The van der Waals surface area contributed by atoms with Crippen molar-refractivity contribution < 1.29 is 14.6 Å². The van der Waals surface area contributed by atoms with Crippen molar-refractivity contribution in [1.29, 1.82) is 0 Å².